The standard InChI is InChI=1S/C15H24N2/c16-15-10-6-12-17(13-15)11-5-4-9-14-7-2-1-3-8-14/h1-3,7-8,15H,4-6,9-13,16H2/t15-/m0/s1. The first-order valence-electron chi connectivity index (χ1n) is 6.86. The smallest absolute Gasteiger partial charge is 0.0168 e. The van der Waals surface area contributed by atoms with E-state index in [0.29, 0.717) is 6.04 Å². The van der Waals surface area contributed by atoms with Crippen LogP contribution in [0, 0.1) is 0 Å². The van der Waals surface area contributed by atoms with E-state index < -0.39 is 0 Å². The van der Waals surface area contributed by atoms with E-state index in [0.717, 1.165) is 6.54 Å². The molecule has 1 heterocycles. The lowest BCUT2D eigenvalue weighted by Gasteiger charge is -2.30. The summed E-state index contributed by atoms with van der Waals surface area (Å²) in [6.07, 6.45) is 6.28. The van der Waals surface area contributed by atoms with Crippen LogP contribution in [0.1, 0.15) is 31.2 Å². The van der Waals surface area contributed by atoms with Gasteiger partial charge in [-0.2, -0.15) is 0 Å². The van der Waals surface area contributed by atoms with Crippen molar-refractivity contribution >= 4 is 0 Å². The van der Waals surface area contributed by atoms with Gasteiger partial charge in [0.05, 0.1) is 0 Å². The Bertz CT molecular complexity index is 310. The molecule has 0 spiro atoms. The second-order valence-corrected chi connectivity index (χ2v) is 5.15. The molecule has 0 amide bonds. The van der Waals surface area contributed by atoms with Gasteiger partial charge >= 0.3 is 0 Å². The molecule has 0 saturated carbocycles. The van der Waals surface area contributed by atoms with Crippen molar-refractivity contribution in [3.05, 3.63) is 35.9 Å². The van der Waals surface area contributed by atoms with Crippen molar-refractivity contribution in [2.24, 2.45) is 5.73 Å². The van der Waals surface area contributed by atoms with Crippen molar-refractivity contribution < 1.29 is 0 Å². The van der Waals surface area contributed by atoms with Gasteiger partial charge in [0.2, 0.25) is 0 Å². The normalized spacial score (nSPS) is 21.6. The third kappa shape index (κ3) is 4.49. The Kier molecular flexibility index (Phi) is 5.02. The molecule has 0 radical (unpaired) electrons. The Morgan fingerprint density at radius 1 is 1.18 bits per heavy atom. The molecule has 2 N–H and O–H groups in total. The zero-order valence-corrected chi connectivity index (χ0v) is 10.6. The van der Waals surface area contributed by atoms with Gasteiger partial charge in [0, 0.05) is 12.6 Å². The minimum atomic E-state index is 0.415. The molecule has 2 heteroatoms. The van der Waals surface area contributed by atoms with Gasteiger partial charge in [-0.05, 0) is 50.8 Å². The molecule has 1 aliphatic heterocycles. The van der Waals surface area contributed by atoms with E-state index in [1.807, 2.05) is 0 Å². The lowest BCUT2D eigenvalue weighted by Crippen LogP contribution is -2.43. The Hall–Kier alpha value is -0.860. The predicted octanol–water partition coefficient (Wildman–Crippen LogP) is 2.43. The summed E-state index contributed by atoms with van der Waals surface area (Å²) in [5.74, 6) is 0. The first kappa shape index (κ1) is 12.6. The highest BCUT2D eigenvalue weighted by Gasteiger charge is 2.15. The van der Waals surface area contributed by atoms with Crippen molar-refractivity contribution in [1.82, 2.24) is 4.90 Å². The molecule has 2 rings (SSSR count). The van der Waals surface area contributed by atoms with E-state index >= 15 is 0 Å². The summed E-state index contributed by atoms with van der Waals surface area (Å²) in [4.78, 5) is 2.53. The minimum absolute atomic E-state index is 0.415. The van der Waals surface area contributed by atoms with Gasteiger partial charge in [-0.25, -0.2) is 0 Å². The van der Waals surface area contributed by atoms with Crippen molar-refractivity contribution in [1.29, 1.82) is 0 Å². The lowest BCUT2D eigenvalue weighted by molar-refractivity contribution is 0.206. The summed E-state index contributed by atoms with van der Waals surface area (Å²) in [6, 6.07) is 11.2. The molecule has 94 valence electrons. The molecule has 0 unspecified atom stereocenters. The molecule has 17 heavy (non-hydrogen) atoms. The number of nitrogens with zero attached hydrogens (tertiary/aromatic N) is 1. The summed E-state index contributed by atoms with van der Waals surface area (Å²) in [7, 11) is 0. The number of piperidine rings is 1. The summed E-state index contributed by atoms with van der Waals surface area (Å²) in [5.41, 5.74) is 7.44. The Morgan fingerprint density at radius 3 is 2.76 bits per heavy atom. The number of benzene rings is 1. The van der Waals surface area contributed by atoms with Crippen molar-refractivity contribution in [3.63, 3.8) is 0 Å². The second-order valence-electron chi connectivity index (χ2n) is 5.15. The molecule has 1 saturated heterocycles. The molecule has 1 aromatic rings. The Morgan fingerprint density at radius 2 is 2.00 bits per heavy atom. The third-order valence-corrected chi connectivity index (χ3v) is 3.57. The van der Waals surface area contributed by atoms with Crippen LogP contribution in [0.25, 0.3) is 0 Å². The average molecular weight is 232 g/mol. The van der Waals surface area contributed by atoms with Gasteiger partial charge in [0.15, 0.2) is 0 Å². The lowest BCUT2D eigenvalue weighted by atomic mass is 10.1. The highest BCUT2D eigenvalue weighted by molar-refractivity contribution is 5.14. The average Bonchev–Trinajstić information content (AvgIpc) is 2.36. The number of unbranched alkanes of at least 4 members (excludes halogenated alkanes) is 1. The van der Waals surface area contributed by atoms with Gasteiger partial charge in [-0.3, -0.25) is 0 Å². The van der Waals surface area contributed by atoms with Gasteiger partial charge in [-0.15, -0.1) is 0 Å². The molecule has 2 nitrogen and oxygen atoms in total. The fourth-order valence-electron chi connectivity index (χ4n) is 2.60. The summed E-state index contributed by atoms with van der Waals surface area (Å²) >= 11 is 0. The highest BCUT2D eigenvalue weighted by atomic mass is 15.1. The van der Waals surface area contributed by atoms with E-state index in [9.17, 15) is 0 Å². The molecule has 1 atom stereocenters. The fourth-order valence-corrected chi connectivity index (χ4v) is 2.60. The van der Waals surface area contributed by atoms with Crippen LogP contribution in [-0.2, 0) is 6.42 Å². The third-order valence-electron chi connectivity index (χ3n) is 3.57. The molecule has 0 bridgehead atoms. The van der Waals surface area contributed by atoms with E-state index in [1.54, 1.807) is 0 Å². The van der Waals surface area contributed by atoms with Crippen molar-refractivity contribution in [2.75, 3.05) is 19.6 Å². The van der Waals surface area contributed by atoms with Crippen LogP contribution in [-0.4, -0.2) is 30.6 Å². The molecule has 0 aliphatic carbocycles. The maximum atomic E-state index is 5.98. The first-order valence-corrected chi connectivity index (χ1v) is 6.86. The maximum Gasteiger partial charge on any atom is 0.0168 e. The topological polar surface area (TPSA) is 29.3 Å². The number of hydrogen-bond donors (Lipinski definition) is 1. The number of nitrogens with two attached hydrogens (primary N) is 1. The molecular formula is C15H24N2. The first-order chi connectivity index (χ1) is 8.34. The number of aryl methyl sites for hydroxylation is 1. The van der Waals surface area contributed by atoms with Crippen LogP contribution in [0.2, 0.25) is 0 Å². The molecule has 1 aliphatic rings. The zero-order chi connectivity index (χ0) is 11.9. The van der Waals surface area contributed by atoms with Crippen LogP contribution in [0.5, 0.6) is 0 Å². The number of hydrogen-bond acceptors (Lipinski definition) is 2. The maximum absolute atomic E-state index is 5.98. The van der Waals surface area contributed by atoms with Crippen molar-refractivity contribution in [2.45, 2.75) is 38.1 Å². The molecule has 1 aromatic carbocycles. The van der Waals surface area contributed by atoms with E-state index in [1.165, 1.54) is 50.8 Å². The van der Waals surface area contributed by atoms with Crippen LogP contribution in [0.3, 0.4) is 0 Å². The van der Waals surface area contributed by atoms with Crippen LogP contribution < -0.4 is 5.73 Å². The monoisotopic (exact) mass is 232 g/mol. The molecule has 1 fully saturated rings. The Balaban J connectivity index is 1.60. The number of likely N-dealkylation sites (tertiary alicyclic amines) is 1. The predicted molar refractivity (Wildman–Crippen MR) is 73.0 cm³/mol. The largest absolute Gasteiger partial charge is 0.327 e. The van der Waals surface area contributed by atoms with Crippen LogP contribution in [0.15, 0.2) is 30.3 Å². The van der Waals surface area contributed by atoms with Gasteiger partial charge in [-0.1, -0.05) is 30.3 Å². The summed E-state index contributed by atoms with van der Waals surface area (Å²) < 4.78 is 0. The van der Waals surface area contributed by atoms with E-state index in [4.69, 9.17) is 5.73 Å². The summed E-state index contributed by atoms with van der Waals surface area (Å²) in [5, 5.41) is 0. The van der Waals surface area contributed by atoms with Gasteiger partial charge in [0.1, 0.15) is 0 Å². The minimum Gasteiger partial charge on any atom is -0.327 e. The van der Waals surface area contributed by atoms with Crippen LogP contribution >= 0.6 is 0 Å². The zero-order valence-electron chi connectivity index (χ0n) is 10.6. The molecule has 0 aromatic heterocycles. The Labute approximate surface area is 105 Å². The van der Waals surface area contributed by atoms with Gasteiger partial charge in [0.25, 0.3) is 0 Å². The van der Waals surface area contributed by atoms with Crippen LogP contribution in [0.4, 0.5) is 0 Å². The van der Waals surface area contributed by atoms with Crippen molar-refractivity contribution in [3.8, 4) is 0 Å². The number of rotatable bonds is 5. The highest BCUT2D eigenvalue weighted by Crippen LogP contribution is 2.10. The van der Waals surface area contributed by atoms with E-state index in [-0.39, 0.29) is 0 Å². The quantitative estimate of drug-likeness (QED) is 0.790. The summed E-state index contributed by atoms with van der Waals surface area (Å²) in [6.45, 7) is 3.57. The van der Waals surface area contributed by atoms with E-state index in [2.05, 4.69) is 35.2 Å². The second kappa shape index (κ2) is 6.77. The SMILES string of the molecule is N[C@H]1CCCN(CCCCc2ccccc2)C1. The fraction of sp³-hybridized carbons (Fsp3) is 0.600. The molecular weight excluding hydrogens is 208 g/mol. The van der Waals surface area contributed by atoms with Gasteiger partial charge < -0.3 is 10.6 Å².